The van der Waals surface area contributed by atoms with E-state index in [2.05, 4.69) is 6.58 Å². The first-order chi connectivity index (χ1) is 17.1. The molecule has 0 aliphatic carbocycles. The summed E-state index contributed by atoms with van der Waals surface area (Å²) in [6.45, 7) is 4.53. The van der Waals surface area contributed by atoms with Crippen molar-refractivity contribution < 1.29 is 19.0 Å². The van der Waals surface area contributed by atoms with E-state index in [0.29, 0.717) is 33.9 Å². The SMILES string of the molecule is C=CCc1ccccc1OCCOc1ccc(/C=C2\SC(=S)N(c3ccccc3)C2=O)cc1OC. The quantitative estimate of drug-likeness (QED) is 0.140. The number of thiocarbonyl (C=S) groups is 1. The van der Waals surface area contributed by atoms with Gasteiger partial charge >= 0.3 is 0 Å². The van der Waals surface area contributed by atoms with Crippen LogP contribution in [0.25, 0.3) is 6.08 Å². The molecule has 0 spiro atoms. The fourth-order valence-corrected chi connectivity index (χ4v) is 4.88. The van der Waals surface area contributed by atoms with Gasteiger partial charge in [0.1, 0.15) is 19.0 Å². The largest absolute Gasteiger partial charge is 0.493 e. The topological polar surface area (TPSA) is 48.0 Å². The van der Waals surface area contributed by atoms with Gasteiger partial charge in [-0.25, -0.2) is 0 Å². The van der Waals surface area contributed by atoms with E-state index in [4.69, 9.17) is 26.4 Å². The van der Waals surface area contributed by atoms with Gasteiger partial charge in [0, 0.05) is 0 Å². The second-order valence-electron chi connectivity index (χ2n) is 7.56. The number of para-hydroxylation sites is 2. The number of ether oxygens (including phenoxy) is 3. The monoisotopic (exact) mass is 503 g/mol. The van der Waals surface area contributed by atoms with Gasteiger partial charge in [0.25, 0.3) is 5.91 Å². The molecular formula is C28H25NO4S2. The third kappa shape index (κ3) is 5.93. The summed E-state index contributed by atoms with van der Waals surface area (Å²) in [6, 6.07) is 22.8. The van der Waals surface area contributed by atoms with E-state index in [1.54, 1.807) is 12.0 Å². The maximum atomic E-state index is 13.0. The lowest BCUT2D eigenvalue weighted by Gasteiger charge is -2.14. The standard InChI is InChI=1S/C28H25NO4S2/c1-3-9-21-10-7-8-13-23(21)32-16-17-33-24-15-14-20(18-25(24)31-2)19-26-27(30)29(28(34)35-26)22-11-5-4-6-12-22/h3-8,10-15,18-19H,1,9,16-17H2,2H3/b26-19-. The Kier molecular flexibility index (Phi) is 8.23. The van der Waals surface area contributed by atoms with Gasteiger partial charge in [-0.3, -0.25) is 9.69 Å². The summed E-state index contributed by atoms with van der Waals surface area (Å²) >= 11 is 6.73. The lowest BCUT2D eigenvalue weighted by Crippen LogP contribution is -2.27. The van der Waals surface area contributed by atoms with Crippen LogP contribution in [-0.2, 0) is 11.2 Å². The van der Waals surface area contributed by atoms with E-state index in [9.17, 15) is 4.79 Å². The predicted octanol–water partition coefficient (Wildman–Crippen LogP) is 6.29. The zero-order chi connectivity index (χ0) is 24.6. The normalized spacial score (nSPS) is 14.3. The Morgan fingerprint density at radius 3 is 2.40 bits per heavy atom. The fraction of sp³-hybridized carbons (Fsp3) is 0.143. The van der Waals surface area contributed by atoms with Crippen molar-refractivity contribution in [2.24, 2.45) is 0 Å². The number of thioether (sulfide) groups is 1. The lowest BCUT2D eigenvalue weighted by atomic mass is 10.1. The van der Waals surface area contributed by atoms with Crippen molar-refractivity contribution in [3.8, 4) is 17.2 Å². The number of carbonyl (C=O) groups excluding carboxylic acids is 1. The second-order valence-corrected chi connectivity index (χ2v) is 9.24. The highest BCUT2D eigenvalue weighted by Gasteiger charge is 2.33. The van der Waals surface area contributed by atoms with Gasteiger partial charge in [0.05, 0.1) is 17.7 Å². The number of nitrogens with zero attached hydrogens (tertiary/aromatic N) is 1. The minimum Gasteiger partial charge on any atom is -0.493 e. The number of hydrogen-bond acceptors (Lipinski definition) is 6. The molecular weight excluding hydrogens is 478 g/mol. The second kappa shape index (κ2) is 11.7. The van der Waals surface area contributed by atoms with Gasteiger partial charge in [-0.15, -0.1) is 6.58 Å². The van der Waals surface area contributed by atoms with Crippen LogP contribution in [0.3, 0.4) is 0 Å². The molecule has 1 fully saturated rings. The highest BCUT2D eigenvalue weighted by atomic mass is 32.2. The molecule has 1 amide bonds. The van der Waals surface area contributed by atoms with Gasteiger partial charge in [-0.1, -0.05) is 72.5 Å². The van der Waals surface area contributed by atoms with Crippen LogP contribution in [0.2, 0.25) is 0 Å². The van der Waals surface area contributed by atoms with Gasteiger partial charge in [-0.05, 0) is 54.0 Å². The third-order valence-electron chi connectivity index (χ3n) is 5.23. The number of rotatable bonds is 10. The maximum Gasteiger partial charge on any atom is 0.270 e. The Hall–Kier alpha value is -3.55. The predicted molar refractivity (Wildman–Crippen MR) is 146 cm³/mol. The molecule has 1 aliphatic rings. The van der Waals surface area contributed by atoms with Crippen molar-refractivity contribution in [3.63, 3.8) is 0 Å². The third-order valence-corrected chi connectivity index (χ3v) is 6.53. The average molecular weight is 504 g/mol. The van der Waals surface area contributed by atoms with Crippen LogP contribution >= 0.6 is 24.0 Å². The molecule has 0 unspecified atom stereocenters. The van der Waals surface area contributed by atoms with Crippen molar-refractivity contribution in [2.45, 2.75) is 6.42 Å². The summed E-state index contributed by atoms with van der Waals surface area (Å²) in [5, 5.41) is 0. The lowest BCUT2D eigenvalue weighted by molar-refractivity contribution is -0.113. The highest BCUT2D eigenvalue weighted by Crippen LogP contribution is 2.37. The molecule has 1 heterocycles. The zero-order valence-corrected chi connectivity index (χ0v) is 20.9. The number of allylic oxidation sites excluding steroid dienone is 1. The van der Waals surface area contributed by atoms with Gasteiger partial charge in [0.2, 0.25) is 0 Å². The van der Waals surface area contributed by atoms with Crippen LogP contribution in [-0.4, -0.2) is 30.6 Å². The van der Waals surface area contributed by atoms with E-state index in [-0.39, 0.29) is 5.91 Å². The summed E-state index contributed by atoms with van der Waals surface area (Å²) in [5.41, 5.74) is 2.66. The summed E-state index contributed by atoms with van der Waals surface area (Å²) in [6.07, 6.45) is 4.41. The number of amides is 1. The Morgan fingerprint density at radius 1 is 0.943 bits per heavy atom. The van der Waals surface area contributed by atoms with Crippen molar-refractivity contribution in [1.29, 1.82) is 0 Å². The molecule has 0 aromatic heterocycles. The van der Waals surface area contributed by atoms with Crippen molar-refractivity contribution >= 4 is 46.0 Å². The summed E-state index contributed by atoms with van der Waals surface area (Å²) in [5.74, 6) is 1.86. The minimum atomic E-state index is -0.139. The molecule has 4 rings (SSSR count). The maximum absolute atomic E-state index is 13.0. The molecule has 178 valence electrons. The fourth-order valence-electron chi connectivity index (χ4n) is 3.58. The van der Waals surface area contributed by atoms with Crippen LogP contribution in [0, 0.1) is 0 Å². The van der Waals surface area contributed by atoms with Crippen molar-refractivity contribution in [3.05, 3.63) is 101 Å². The Labute approximate surface area is 215 Å². The highest BCUT2D eigenvalue weighted by molar-refractivity contribution is 8.27. The molecule has 35 heavy (non-hydrogen) atoms. The van der Waals surface area contributed by atoms with Gasteiger partial charge < -0.3 is 14.2 Å². The first kappa shape index (κ1) is 24.6. The van der Waals surface area contributed by atoms with Gasteiger partial charge in [0.15, 0.2) is 15.8 Å². The van der Waals surface area contributed by atoms with Crippen LogP contribution in [0.4, 0.5) is 5.69 Å². The van der Waals surface area contributed by atoms with E-state index in [0.717, 1.165) is 29.0 Å². The number of hydrogen-bond donors (Lipinski definition) is 0. The van der Waals surface area contributed by atoms with E-state index < -0.39 is 0 Å². The van der Waals surface area contributed by atoms with E-state index in [1.165, 1.54) is 11.8 Å². The van der Waals surface area contributed by atoms with Crippen LogP contribution in [0.15, 0.2) is 90.4 Å². The average Bonchev–Trinajstić information content (AvgIpc) is 3.16. The Balaban J connectivity index is 1.40. The first-order valence-corrected chi connectivity index (χ1v) is 12.3. The molecule has 3 aromatic carbocycles. The molecule has 0 N–H and O–H groups in total. The molecule has 0 atom stereocenters. The van der Waals surface area contributed by atoms with Crippen LogP contribution < -0.4 is 19.1 Å². The Morgan fingerprint density at radius 2 is 1.66 bits per heavy atom. The Bertz CT molecular complexity index is 1260. The van der Waals surface area contributed by atoms with E-state index in [1.807, 2.05) is 84.9 Å². The van der Waals surface area contributed by atoms with E-state index >= 15 is 0 Å². The molecule has 0 radical (unpaired) electrons. The smallest absolute Gasteiger partial charge is 0.270 e. The van der Waals surface area contributed by atoms with Gasteiger partial charge in [-0.2, -0.15) is 0 Å². The molecule has 5 nitrogen and oxygen atoms in total. The summed E-state index contributed by atoms with van der Waals surface area (Å²) in [4.78, 5) is 15.1. The minimum absolute atomic E-state index is 0.139. The van der Waals surface area contributed by atoms with Crippen LogP contribution in [0.5, 0.6) is 17.2 Å². The summed E-state index contributed by atoms with van der Waals surface area (Å²) in [7, 11) is 1.59. The molecule has 0 saturated carbocycles. The van der Waals surface area contributed by atoms with Crippen LogP contribution in [0.1, 0.15) is 11.1 Å². The zero-order valence-electron chi connectivity index (χ0n) is 19.3. The first-order valence-electron chi connectivity index (χ1n) is 11.1. The number of benzene rings is 3. The number of carbonyl (C=O) groups is 1. The molecule has 1 aliphatic heterocycles. The number of methoxy groups -OCH3 is 1. The molecule has 3 aromatic rings. The summed E-state index contributed by atoms with van der Waals surface area (Å²) < 4.78 is 17.8. The molecule has 1 saturated heterocycles. The van der Waals surface area contributed by atoms with Crippen molar-refractivity contribution in [1.82, 2.24) is 0 Å². The molecule has 0 bridgehead atoms. The number of anilines is 1. The van der Waals surface area contributed by atoms with Crippen molar-refractivity contribution in [2.75, 3.05) is 25.2 Å². The molecule has 7 heteroatoms.